The predicted octanol–water partition coefficient (Wildman–Crippen LogP) is 2.42. The van der Waals surface area contributed by atoms with Crippen molar-refractivity contribution in [2.75, 3.05) is 13.2 Å². The number of epoxide rings is 1. The van der Waals surface area contributed by atoms with Crippen molar-refractivity contribution in [3.8, 4) is 0 Å². The Morgan fingerprint density at radius 1 is 1.03 bits per heavy atom. The maximum absolute atomic E-state index is 12.9. The van der Waals surface area contributed by atoms with Crippen molar-refractivity contribution in [3.05, 3.63) is 11.8 Å². The lowest BCUT2D eigenvalue weighted by Gasteiger charge is -2.40. The van der Waals surface area contributed by atoms with E-state index in [1.54, 1.807) is 13.8 Å². The Kier molecular flexibility index (Phi) is 9.13. The Morgan fingerprint density at radius 2 is 1.63 bits per heavy atom. The topological polar surface area (TPSA) is 147 Å². The monoisotopic (exact) mass is 540 g/mol. The zero-order valence-electron chi connectivity index (χ0n) is 23.2. The molecule has 2 fully saturated rings. The SMILES string of the molecule is CC(=O)OC1C[C@]2(O)C(COC(=O)C(OC(=O)CC(C)C)C(C)C)=COC(OC(=O)CC(C)C)[C@H]2[C@@]12CO2. The minimum absolute atomic E-state index is 0.0440. The molecule has 0 aromatic rings. The maximum atomic E-state index is 12.9. The van der Waals surface area contributed by atoms with Gasteiger partial charge in [0.25, 0.3) is 6.29 Å². The first-order chi connectivity index (χ1) is 17.7. The molecule has 1 aliphatic carbocycles. The highest BCUT2D eigenvalue weighted by molar-refractivity contribution is 5.80. The van der Waals surface area contributed by atoms with Crippen LogP contribution in [0, 0.1) is 23.7 Å². The fraction of sp³-hybridized carbons (Fsp3) is 0.778. The van der Waals surface area contributed by atoms with Gasteiger partial charge in [-0.15, -0.1) is 0 Å². The molecule has 2 aliphatic heterocycles. The van der Waals surface area contributed by atoms with E-state index in [9.17, 15) is 24.3 Å². The second-order valence-corrected chi connectivity index (χ2v) is 11.5. The zero-order valence-corrected chi connectivity index (χ0v) is 23.2. The van der Waals surface area contributed by atoms with E-state index in [2.05, 4.69) is 0 Å². The zero-order chi connectivity index (χ0) is 28.4. The molecular formula is C27H40O11. The van der Waals surface area contributed by atoms with Gasteiger partial charge in [0.2, 0.25) is 6.10 Å². The normalized spacial score (nSPS) is 30.4. The fourth-order valence-electron chi connectivity index (χ4n) is 5.07. The van der Waals surface area contributed by atoms with Crippen LogP contribution in [0.5, 0.6) is 0 Å². The first kappa shape index (κ1) is 29.9. The van der Waals surface area contributed by atoms with Crippen LogP contribution in [0.25, 0.3) is 0 Å². The highest BCUT2D eigenvalue weighted by Crippen LogP contribution is 2.59. The first-order valence-corrected chi connectivity index (χ1v) is 13.1. The van der Waals surface area contributed by atoms with Crippen molar-refractivity contribution in [2.24, 2.45) is 23.7 Å². The summed E-state index contributed by atoms with van der Waals surface area (Å²) in [6.07, 6.45) is -1.72. The van der Waals surface area contributed by atoms with E-state index in [0.717, 1.165) is 0 Å². The highest BCUT2D eigenvalue weighted by Gasteiger charge is 2.76. The van der Waals surface area contributed by atoms with Gasteiger partial charge in [-0.25, -0.2) is 4.79 Å². The maximum Gasteiger partial charge on any atom is 0.348 e. The molecule has 1 saturated heterocycles. The summed E-state index contributed by atoms with van der Waals surface area (Å²) >= 11 is 0. The molecule has 1 spiro atoms. The third-order valence-corrected chi connectivity index (χ3v) is 6.90. The van der Waals surface area contributed by atoms with Crippen LogP contribution < -0.4 is 0 Å². The van der Waals surface area contributed by atoms with Gasteiger partial charge in [0.15, 0.2) is 0 Å². The van der Waals surface area contributed by atoms with Crippen molar-refractivity contribution in [2.45, 2.75) is 97.4 Å². The minimum atomic E-state index is -1.72. The van der Waals surface area contributed by atoms with E-state index in [4.69, 9.17) is 28.4 Å². The fourth-order valence-corrected chi connectivity index (χ4v) is 5.07. The number of fused-ring (bicyclic) bond motifs is 2. The quantitative estimate of drug-likeness (QED) is 0.234. The average Bonchev–Trinajstić information content (AvgIpc) is 3.51. The second kappa shape index (κ2) is 11.6. The van der Waals surface area contributed by atoms with Crippen LogP contribution in [0.1, 0.15) is 67.7 Å². The molecule has 0 amide bonds. The molecule has 3 unspecified atom stereocenters. The van der Waals surface area contributed by atoms with Crippen molar-refractivity contribution >= 4 is 23.9 Å². The van der Waals surface area contributed by atoms with Gasteiger partial charge in [0.05, 0.1) is 12.9 Å². The summed E-state index contributed by atoms with van der Waals surface area (Å²) in [5.41, 5.74) is -2.65. The van der Waals surface area contributed by atoms with Crippen molar-refractivity contribution in [1.29, 1.82) is 0 Å². The molecule has 0 radical (unpaired) electrons. The van der Waals surface area contributed by atoms with Crippen molar-refractivity contribution < 1.29 is 52.7 Å². The molecule has 38 heavy (non-hydrogen) atoms. The number of carbonyl (C=O) groups excluding carboxylic acids is 4. The molecule has 214 valence electrons. The second-order valence-electron chi connectivity index (χ2n) is 11.5. The summed E-state index contributed by atoms with van der Waals surface area (Å²) in [7, 11) is 0. The molecule has 0 aromatic heterocycles. The van der Waals surface area contributed by atoms with Crippen LogP contribution in [-0.2, 0) is 47.6 Å². The Bertz CT molecular complexity index is 949. The molecule has 0 bridgehead atoms. The lowest BCUT2D eigenvalue weighted by Crippen LogP contribution is -2.53. The summed E-state index contributed by atoms with van der Waals surface area (Å²) in [5, 5.41) is 11.9. The Morgan fingerprint density at radius 3 is 2.16 bits per heavy atom. The lowest BCUT2D eigenvalue weighted by molar-refractivity contribution is -0.208. The average molecular weight is 541 g/mol. The molecule has 2 heterocycles. The number of hydrogen-bond donors (Lipinski definition) is 1. The highest BCUT2D eigenvalue weighted by atomic mass is 16.7. The molecule has 1 N–H and O–H groups in total. The van der Waals surface area contributed by atoms with E-state index in [1.807, 2.05) is 27.7 Å². The number of ether oxygens (including phenoxy) is 6. The van der Waals surface area contributed by atoms with Gasteiger partial charge in [-0.05, 0) is 11.8 Å². The summed E-state index contributed by atoms with van der Waals surface area (Å²) in [6, 6.07) is 0. The van der Waals surface area contributed by atoms with Crippen LogP contribution in [0.2, 0.25) is 0 Å². The van der Waals surface area contributed by atoms with Crippen LogP contribution in [-0.4, -0.2) is 71.9 Å². The summed E-state index contributed by atoms with van der Waals surface area (Å²) < 4.78 is 33.3. The predicted molar refractivity (Wildman–Crippen MR) is 131 cm³/mol. The molecule has 3 aliphatic rings. The van der Waals surface area contributed by atoms with Gasteiger partial charge in [-0.2, -0.15) is 0 Å². The van der Waals surface area contributed by atoms with Crippen LogP contribution in [0.4, 0.5) is 0 Å². The standard InChI is InChI=1S/C27H40O11/c1-14(2)8-20(29)37-22(16(5)6)24(31)33-11-18-12-34-25(38-21(30)9-15(3)4)23-26(18,32)10-19(36-17(7)28)27(23)13-35-27/h12,14-16,19,22-23,25,32H,8-11,13H2,1-7H3/t19?,22?,23-,25?,26+,27-/m1/s1. The molecule has 11 heteroatoms. The van der Waals surface area contributed by atoms with Crippen LogP contribution in [0.3, 0.4) is 0 Å². The Labute approximate surface area is 223 Å². The largest absolute Gasteiger partial charge is 0.462 e. The minimum Gasteiger partial charge on any atom is -0.462 e. The first-order valence-electron chi connectivity index (χ1n) is 13.1. The third kappa shape index (κ3) is 6.48. The molecule has 6 atom stereocenters. The van der Waals surface area contributed by atoms with E-state index in [0.29, 0.717) is 0 Å². The molecular weight excluding hydrogens is 500 g/mol. The number of carbonyl (C=O) groups is 4. The molecule has 3 rings (SSSR count). The Balaban J connectivity index is 1.80. The van der Waals surface area contributed by atoms with Crippen LogP contribution >= 0.6 is 0 Å². The van der Waals surface area contributed by atoms with E-state index in [-0.39, 0.29) is 55.8 Å². The summed E-state index contributed by atoms with van der Waals surface area (Å²) in [4.78, 5) is 49.3. The third-order valence-electron chi connectivity index (χ3n) is 6.90. The molecule has 0 aromatic carbocycles. The Hall–Kier alpha value is -2.66. The number of esters is 4. The van der Waals surface area contributed by atoms with Crippen molar-refractivity contribution in [1.82, 2.24) is 0 Å². The molecule has 11 nitrogen and oxygen atoms in total. The van der Waals surface area contributed by atoms with E-state index in [1.165, 1.54) is 13.2 Å². The van der Waals surface area contributed by atoms with Gasteiger partial charge in [0, 0.05) is 37.7 Å². The van der Waals surface area contributed by atoms with E-state index >= 15 is 0 Å². The molecule has 1 saturated carbocycles. The van der Waals surface area contributed by atoms with Crippen molar-refractivity contribution in [3.63, 3.8) is 0 Å². The van der Waals surface area contributed by atoms with Crippen LogP contribution in [0.15, 0.2) is 11.8 Å². The van der Waals surface area contributed by atoms with Gasteiger partial charge in [0.1, 0.15) is 29.8 Å². The number of aliphatic hydroxyl groups is 1. The smallest absolute Gasteiger partial charge is 0.348 e. The van der Waals surface area contributed by atoms with Gasteiger partial charge in [-0.3, -0.25) is 14.4 Å². The van der Waals surface area contributed by atoms with E-state index < -0.39 is 59.5 Å². The summed E-state index contributed by atoms with van der Waals surface area (Å²) in [5.74, 6) is -3.51. The van der Waals surface area contributed by atoms with Gasteiger partial charge >= 0.3 is 23.9 Å². The number of hydrogen-bond acceptors (Lipinski definition) is 11. The summed E-state index contributed by atoms with van der Waals surface area (Å²) in [6.45, 7) is 12.0. The van der Waals surface area contributed by atoms with Gasteiger partial charge in [-0.1, -0.05) is 41.5 Å². The van der Waals surface area contributed by atoms with Gasteiger partial charge < -0.3 is 33.5 Å². The number of rotatable bonds is 11. The lowest BCUT2D eigenvalue weighted by atomic mass is 9.79.